The van der Waals surface area contributed by atoms with Crippen LogP contribution in [0.25, 0.3) is 11.3 Å². The predicted octanol–water partition coefficient (Wildman–Crippen LogP) is 3.21. The van der Waals surface area contributed by atoms with Crippen molar-refractivity contribution in [1.82, 2.24) is 9.97 Å². The van der Waals surface area contributed by atoms with E-state index >= 15 is 0 Å². The minimum atomic E-state index is -2.50. The lowest BCUT2D eigenvalue weighted by molar-refractivity contribution is 1.06. The molecule has 1 aromatic heterocycles. The van der Waals surface area contributed by atoms with E-state index < -0.39 is 18.8 Å². The van der Waals surface area contributed by atoms with E-state index in [4.69, 9.17) is 6.85 Å². The largest absolute Gasteiger partial charge is 0.242 e. The smallest absolute Gasteiger partial charge is 0.125 e. The summed E-state index contributed by atoms with van der Waals surface area (Å²) in [6, 6.07) is 6.78. The standard InChI is InChI=1S/C11H9BrN2/c1-8-13-6-5-11(14-8)9-3-2-4-10(12)7-9/h2-7H,1H3/i1D3,5D,6D. The lowest BCUT2D eigenvalue weighted by Crippen LogP contribution is -1.89. The van der Waals surface area contributed by atoms with Gasteiger partial charge in [-0.2, -0.15) is 0 Å². The molecule has 70 valence electrons. The molecule has 0 aliphatic carbocycles. The average Bonchev–Trinajstić information content (AvgIpc) is 2.31. The molecule has 14 heavy (non-hydrogen) atoms. The highest BCUT2D eigenvalue weighted by molar-refractivity contribution is 9.10. The average molecular weight is 254 g/mol. The number of aromatic nitrogens is 2. The van der Waals surface area contributed by atoms with E-state index in [1.807, 2.05) is 0 Å². The van der Waals surface area contributed by atoms with Crippen molar-refractivity contribution >= 4 is 15.9 Å². The topological polar surface area (TPSA) is 25.8 Å². The molecule has 0 unspecified atom stereocenters. The number of benzene rings is 1. The van der Waals surface area contributed by atoms with Crippen molar-refractivity contribution in [2.75, 3.05) is 0 Å². The Hall–Kier alpha value is -1.22. The van der Waals surface area contributed by atoms with Crippen molar-refractivity contribution in [2.24, 2.45) is 0 Å². The number of nitrogens with zero attached hydrogens (tertiary/aromatic N) is 2. The van der Waals surface area contributed by atoms with E-state index in [9.17, 15) is 0 Å². The van der Waals surface area contributed by atoms with Gasteiger partial charge in [0.05, 0.1) is 8.44 Å². The molecular formula is C11H9BrN2. The molecule has 1 aromatic carbocycles. The fourth-order valence-corrected chi connectivity index (χ4v) is 1.46. The zero-order chi connectivity index (χ0) is 14.2. The van der Waals surface area contributed by atoms with E-state index in [-0.39, 0.29) is 11.7 Å². The fraction of sp³-hybridized carbons (Fsp3) is 0.0909. The van der Waals surface area contributed by atoms with Crippen molar-refractivity contribution in [3.8, 4) is 11.3 Å². The number of hydrogen-bond acceptors (Lipinski definition) is 2. The van der Waals surface area contributed by atoms with Crippen LogP contribution in [0, 0.1) is 6.85 Å². The first-order valence-corrected chi connectivity index (χ1v) is 4.70. The Bertz CT molecular complexity index is 627. The first kappa shape index (κ1) is 5.03. The summed E-state index contributed by atoms with van der Waals surface area (Å²) < 4.78 is 38.0. The van der Waals surface area contributed by atoms with Gasteiger partial charge < -0.3 is 0 Å². The van der Waals surface area contributed by atoms with E-state index in [0.717, 1.165) is 4.47 Å². The zero-order valence-corrected chi connectivity index (χ0v) is 8.67. The molecule has 3 heteroatoms. The van der Waals surface area contributed by atoms with Crippen LogP contribution in [0.1, 0.15) is 12.7 Å². The third kappa shape index (κ3) is 1.99. The highest BCUT2D eigenvalue weighted by Gasteiger charge is 1.99. The minimum absolute atomic E-state index is 0.146. The molecule has 0 aliphatic rings. The molecule has 2 nitrogen and oxygen atoms in total. The van der Waals surface area contributed by atoms with Gasteiger partial charge in [-0.05, 0) is 25.0 Å². The second-order valence-electron chi connectivity index (χ2n) is 2.64. The van der Waals surface area contributed by atoms with Crippen LogP contribution in [-0.4, -0.2) is 9.97 Å². The summed E-state index contributed by atoms with van der Waals surface area (Å²) in [5.41, 5.74) is 0.716. The Morgan fingerprint density at radius 1 is 1.50 bits per heavy atom. The molecule has 0 saturated carbocycles. The van der Waals surface area contributed by atoms with Crippen molar-refractivity contribution in [3.05, 3.63) is 46.8 Å². The Morgan fingerprint density at radius 2 is 2.43 bits per heavy atom. The van der Waals surface area contributed by atoms with Gasteiger partial charge >= 0.3 is 0 Å². The van der Waals surface area contributed by atoms with Crippen LogP contribution < -0.4 is 0 Å². The van der Waals surface area contributed by atoms with Gasteiger partial charge in [-0.1, -0.05) is 28.1 Å². The van der Waals surface area contributed by atoms with E-state index in [1.54, 1.807) is 24.3 Å². The molecule has 0 amide bonds. The first-order valence-electron chi connectivity index (χ1n) is 6.40. The van der Waals surface area contributed by atoms with Gasteiger partial charge in [0.15, 0.2) is 0 Å². The second-order valence-corrected chi connectivity index (χ2v) is 3.56. The van der Waals surface area contributed by atoms with Gasteiger partial charge in [0.1, 0.15) is 5.82 Å². The molecule has 0 saturated heterocycles. The van der Waals surface area contributed by atoms with Crippen molar-refractivity contribution < 1.29 is 6.85 Å². The molecule has 0 atom stereocenters. The Morgan fingerprint density at radius 3 is 3.21 bits per heavy atom. The maximum atomic E-state index is 7.79. The van der Waals surface area contributed by atoms with Crippen LogP contribution in [0.3, 0.4) is 0 Å². The first-order chi connectivity index (χ1) is 8.79. The van der Waals surface area contributed by atoms with Crippen LogP contribution in [0.5, 0.6) is 0 Å². The molecule has 0 radical (unpaired) electrons. The molecule has 0 spiro atoms. The van der Waals surface area contributed by atoms with Crippen molar-refractivity contribution in [1.29, 1.82) is 0 Å². The van der Waals surface area contributed by atoms with Gasteiger partial charge in [-0.15, -0.1) is 0 Å². The third-order valence-electron chi connectivity index (χ3n) is 1.65. The number of aryl methyl sites for hydroxylation is 1. The molecule has 2 aromatic rings. The lowest BCUT2D eigenvalue weighted by atomic mass is 10.1. The molecule has 0 N–H and O–H groups in total. The SMILES string of the molecule is [2H]c1nc(C([2H])([2H])[2H])nc(-c2cccc(Br)c2)c1[2H]. The van der Waals surface area contributed by atoms with Gasteiger partial charge in [0.25, 0.3) is 0 Å². The summed E-state index contributed by atoms with van der Waals surface area (Å²) in [4.78, 5) is 7.46. The molecule has 0 fully saturated rings. The minimum Gasteiger partial charge on any atom is -0.242 e. The quantitative estimate of drug-likeness (QED) is 0.780. The fourth-order valence-electron chi connectivity index (χ4n) is 1.07. The molecule has 0 bridgehead atoms. The number of rotatable bonds is 1. The van der Waals surface area contributed by atoms with E-state index in [0.29, 0.717) is 5.56 Å². The van der Waals surface area contributed by atoms with Crippen LogP contribution in [0.2, 0.25) is 0 Å². The summed E-state index contributed by atoms with van der Waals surface area (Å²) in [6.07, 6.45) is -0.392. The number of halogens is 1. The van der Waals surface area contributed by atoms with Gasteiger partial charge in [-0.25, -0.2) is 9.97 Å². The predicted molar refractivity (Wildman–Crippen MR) is 59.9 cm³/mol. The normalized spacial score (nSPS) is 16.2. The van der Waals surface area contributed by atoms with Crippen LogP contribution in [0.15, 0.2) is 41.0 Å². The van der Waals surface area contributed by atoms with Gasteiger partial charge in [0, 0.05) is 20.3 Å². The Balaban J connectivity index is 2.66. The van der Waals surface area contributed by atoms with Crippen LogP contribution in [-0.2, 0) is 0 Å². The second kappa shape index (κ2) is 3.88. The zero-order valence-electron chi connectivity index (χ0n) is 12.1. The highest BCUT2D eigenvalue weighted by Crippen LogP contribution is 2.20. The van der Waals surface area contributed by atoms with Crippen LogP contribution in [0.4, 0.5) is 0 Å². The maximum absolute atomic E-state index is 7.79. The van der Waals surface area contributed by atoms with E-state index in [1.165, 1.54) is 0 Å². The molecular weight excluding hydrogens is 240 g/mol. The maximum Gasteiger partial charge on any atom is 0.125 e. The Labute approximate surface area is 98.2 Å². The van der Waals surface area contributed by atoms with Crippen LogP contribution >= 0.6 is 15.9 Å². The van der Waals surface area contributed by atoms with Gasteiger partial charge in [0.2, 0.25) is 0 Å². The molecule has 1 heterocycles. The summed E-state index contributed by atoms with van der Waals surface area (Å²) in [7, 11) is 0. The summed E-state index contributed by atoms with van der Waals surface area (Å²) >= 11 is 3.30. The monoisotopic (exact) mass is 253 g/mol. The summed E-state index contributed by atoms with van der Waals surface area (Å²) in [6.45, 7) is -2.50. The summed E-state index contributed by atoms with van der Waals surface area (Å²) in [5.74, 6) is -0.413. The third-order valence-corrected chi connectivity index (χ3v) is 2.15. The molecule has 0 aliphatic heterocycles. The summed E-state index contributed by atoms with van der Waals surface area (Å²) in [5, 5.41) is 0. The Kier molecular flexibility index (Phi) is 1.39. The lowest BCUT2D eigenvalue weighted by Gasteiger charge is -2.01. The molecule has 2 rings (SSSR count). The highest BCUT2D eigenvalue weighted by atomic mass is 79.9. The van der Waals surface area contributed by atoms with Crippen molar-refractivity contribution in [2.45, 2.75) is 6.85 Å². The van der Waals surface area contributed by atoms with E-state index in [2.05, 4.69) is 25.9 Å². The number of hydrogen-bond donors (Lipinski definition) is 0. The van der Waals surface area contributed by atoms with Crippen molar-refractivity contribution in [3.63, 3.8) is 0 Å². The van der Waals surface area contributed by atoms with Gasteiger partial charge in [-0.3, -0.25) is 0 Å².